The fourth-order valence-electron chi connectivity index (χ4n) is 1.51. The molecule has 1 aromatic carbocycles. The van der Waals surface area contributed by atoms with Crippen molar-refractivity contribution in [3.05, 3.63) is 23.8 Å². The SMILES string of the molecule is CCCS(=O)(=O)Nc1ccc(C)c(NC(C)=O)c1. The monoisotopic (exact) mass is 270 g/mol. The van der Waals surface area contributed by atoms with E-state index in [1.807, 2.05) is 6.92 Å². The van der Waals surface area contributed by atoms with E-state index in [1.165, 1.54) is 6.92 Å². The molecule has 0 atom stereocenters. The third kappa shape index (κ3) is 4.37. The number of hydrogen-bond acceptors (Lipinski definition) is 3. The minimum absolute atomic E-state index is 0.0797. The first-order valence-corrected chi connectivity index (χ1v) is 7.38. The smallest absolute Gasteiger partial charge is 0.232 e. The summed E-state index contributed by atoms with van der Waals surface area (Å²) in [5.74, 6) is -0.109. The zero-order valence-corrected chi connectivity index (χ0v) is 11.6. The van der Waals surface area contributed by atoms with Gasteiger partial charge >= 0.3 is 0 Å². The number of aryl methyl sites for hydroxylation is 1. The van der Waals surface area contributed by atoms with E-state index in [0.717, 1.165) is 5.56 Å². The molecule has 0 heterocycles. The Hall–Kier alpha value is -1.56. The number of benzene rings is 1. The molecule has 0 aliphatic rings. The zero-order chi connectivity index (χ0) is 13.8. The Morgan fingerprint density at radius 3 is 2.56 bits per heavy atom. The molecule has 1 aromatic rings. The normalized spacial score (nSPS) is 11.1. The molecule has 0 unspecified atom stereocenters. The van der Waals surface area contributed by atoms with Gasteiger partial charge in [0.2, 0.25) is 15.9 Å². The molecule has 18 heavy (non-hydrogen) atoms. The van der Waals surface area contributed by atoms with Crippen molar-refractivity contribution in [2.24, 2.45) is 0 Å². The molecular formula is C12H18N2O3S. The van der Waals surface area contributed by atoms with Crippen LogP contribution in [0, 0.1) is 6.92 Å². The second kappa shape index (κ2) is 5.86. The zero-order valence-electron chi connectivity index (χ0n) is 10.8. The quantitative estimate of drug-likeness (QED) is 0.860. The number of sulfonamides is 1. The van der Waals surface area contributed by atoms with Crippen molar-refractivity contribution in [3.8, 4) is 0 Å². The molecule has 0 saturated carbocycles. The van der Waals surface area contributed by atoms with E-state index in [2.05, 4.69) is 10.0 Å². The van der Waals surface area contributed by atoms with Gasteiger partial charge < -0.3 is 5.32 Å². The molecule has 0 bridgehead atoms. The van der Waals surface area contributed by atoms with Crippen LogP contribution >= 0.6 is 0 Å². The summed E-state index contributed by atoms with van der Waals surface area (Å²) < 4.78 is 25.7. The number of rotatable bonds is 5. The number of carbonyl (C=O) groups excluding carboxylic acids is 1. The minimum atomic E-state index is -3.31. The van der Waals surface area contributed by atoms with Crippen molar-refractivity contribution in [1.82, 2.24) is 0 Å². The van der Waals surface area contributed by atoms with E-state index in [0.29, 0.717) is 17.8 Å². The summed E-state index contributed by atoms with van der Waals surface area (Å²) >= 11 is 0. The van der Waals surface area contributed by atoms with Gasteiger partial charge in [0.05, 0.1) is 11.4 Å². The van der Waals surface area contributed by atoms with Crippen LogP contribution in [0.3, 0.4) is 0 Å². The standard InChI is InChI=1S/C12H18N2O3S/c1-4-7-18(16,17)14-11-6-5-9(2)12(8-11)13-10(3)15/h5-6,8,14H,4,7H2,1-3H3,(H,13,15). The Morgan fingerprint density at radius 2 is 2.00 bits per heavy atom. The molecule has 6 heteroatoms. The highest BCUT2D eigenvalue weighted by atomic mass is 32.2. The molecule has 0 radical (unpaired) electrons. The molecule has 1 rings (SSSR count). The summed E-state index contributed by atoms with van der Waals surface area (Å²) in [6.07, 6.45) is 0.555. The first-order chi connectivity index (χ1) is 8.34. The van der Waals surface area contributed by atoms with E-state index in [-0.39, 0.29) is 11.7 Å². The molecule has 1 amide bonds. The van der Waals surface area contributed by atoms with E-state index < -0.39 is 10.0 Å². The van der Waals surface area contributed by atoms with Gasteiger partial charge in [0.1, 0.15) is 0 Å². The summed E-state index contributed by atoms with van der Waals surface area (Å²) in [5, 5.41) is 2.66. The maximum absolute atomic E-state index is 11.6. The molecule has 0 saturated heterocycles. The summed E-state index contributed by atoms with van der Waals surface area (Å²) in [5.41, 5.74) is 1.95. The van der Waals surface area contributed by atoms with Gasteiger partial charge in [-0.05, 0) is 31.0 Å². The lowest BCUT2D eigenvalue weighted by atomic mass is 10.2. The van der Waals surface area contributed by atoms with E-state index >= 15 is 0 Å². The maximum Gasteiger partial charge on any atom is 0.232 e. The van der Waals surface area contributed by atoms with Crippen LogP contribution in [0.2, 0.25) is 0 Å². The first kappa shape index (κ1) is 14.5. The highest BCUT2D eigenvalue weighted by molar-refractivity contribution is 7.92. The summed E-state index contributed by atoms with van der Waals surface area (Å²) in [6, 6.07) is 5.05. The van der Waals surface area contributed by atoms with Gasteiger partial charge in [-0.15, -0.1) is 0 Å². The number of carbonyl (C=O) groups is 1. The molecule has 0 aliphatic carbocycles. The molecule has 0 aliphatic heterocycles. The first-order valence-electron chi connectivity index (χ1n) is 5.73. The van der Waals surface area contributed by atoms with Crippen LogP contribution < -0.4 is 10.0 Å². The Balaban J connectivity index is 2.95. The Kier molecular flexibility index (Phi) is 4.72. The van der Waals surface area contributed by atoms with Crippen LogP contribution in [0.25, 0.3) is 0 Å². The van der Waals surface area contributed by atoms with E-state index in [1.54, 1.807) is 25.1 Å². The van der Waals surface area contributed by atoms with Crippen molar-refractivity contribution in [2.75, 3.05) is 15.8 Å². The van der Waals surface area contributed by atoms with Crippen LogP contribution in [0.4, 0.5) is 11.4 Å². The minimum Gasteiger partial charge on any atom is -0.326 e. The summed E-state index contributed by atoms with van der Waals surface area (Å²) in [7, 11) is -3.31. The number of hydrogen-bond donors (Lipinski definition) is 2. The molecule has 0 fully saturated rings. The molecule has 0 spiro atoms. The lowest BCUT2D eigenvalue weighted by Gasteiger charge is -2.11. The predicted molar refractivity (Wildman–Crippen MR) is 73.2 cm³/mol. The van der Waals surface area contributed by atoms with E-state index in [9.17, 15) is 13.2 Å². The van der Waals surface area contributed by atoms with Crippen LogP contribution in [-0.2, 0) is 14.8 Å². The largest absolute Gasteiger partial charge is 0.326 e. The summed E-state index contributed by atoms with van der Waals surface area (Å²) in [4.78, 5) is 11.0. The van der Waals surface area contributed by atoms with Crippen molar-refractivity contribution in [3.63, 3.8) is 0 Å². The van der Waals surface area contributed by atoms with Gasteiger partial charge in [-0.1, -0.05) is 13.0 Å². The maximum atomic E-state index is 11.6. The van der Waals surface area contributed by atoms with Crippen molar-refractivity contribution in [2.45, 2.75) is 27.2 Å². The van der Waals surface area contributed by atoms with Crippen LogP contribution in [0.15, 0.2) is 18.2 Å². The Labute approximate surface area is 108 Å². The van der Waals surface area contributed by atoms with Crippen molar-refractivity contribution >= 4 is 27.3 Å². The van der Waals surface area contributed by atoms with Gasteiger partial charge in [0.25, 0.3) is 0 Å². The lowest BCUT2D eigenvalue weighted by Crippen LogP contribution is -2.16. The van der Waals surface area contributed by atoms with Crippen molar-refractivity contribution in [1.29, 1.82) is 0 Å². The second-order valence-electron chi connectivity index (χ2n) is 4.13. The van der Waals surface area contributed by atoms with Crippen LogP contribution in [0.5, 0.6) is 0 Å². The molecule has 5 nitrogen and oxygen atoms in total. The number of anilines is 2. The van der Waals surface area contributed by atoms with E-state index in [4.69, 9.17) is 0 Å². The van der Waals surface area contributed by atoms with Gasteiger partial charge in [-0.25, -0.2) is 8.42 Å². The topological polar surface area (TPSA) is 75.3 Å². The predicted octanol–water partition coefficient (Wildman–Crippen LogP) is 2.11. The van der Waals surface area contributed by atoms with Crippen molar-refractivity contribution < 1.29 is 13.2 Å². The molecule has 2 N–H and O–H groups in total. The Morgan fingerprint density at radius 1 is 1.33 bits per heavy atom. The average Bonchev–Trinajstić information content (AvgIpc) is 2.21. The second-order valence-corrected chi connectivity index (χ2v) is 5.97. The highest BCUT2D eigenvalue weighted by Gasteiger charge is 2.10. The molecule has 0 aromatic heterocycles. The Bertz CT molecular complexity index is 538. The van der Waals surface area contributed by atoms with Gasteiger partial charge in [0, 0.05) is 12.6 Å². The lowest BCUT2D eigenvalue weighted by molar-refractivity contribution is -0.114. The molecular weight excluding hydrogens is 252 g/mol. The number of amides is 1. The van der Waals surface area contributed by atoms with Crippen LogP contribution in [0.1, 0.15) is 25.8 Å². The fourth-order valence-corrected chi connectivity index (χ4v) is 2.63. The van der Waals surface area contributed by atoms with Gasteiger partial charge in [-0.2, -0.15) is 0 Å². The van der Waals surface area contributed by atoms with Gasteiger partial charge in [0.15, 0.2) is 0 Å². The highest BCUT2D eigenvalue weighted by Crippen LogP contribution is 2.21. The summed E-state index contributed by atoms with van der Waals surface area (Å²) in [6.45, 7) is 5.06. The van der Waals surface area contributed by atoms with Gasteiger partial charge in [-0.3, -0.25) is 9.52 Å². The third-order valence-corrected chi connectivity index (χ3v) is 3.79. The molecule has 100 valence electrons. The van der Waals surface area contributed by atoms with Crippen LogP contribution in [-0.4, -0.2) is 20.1 Å². The fraction of sp³-hybridized carbons (Fsp3) is 0.417. The average molecular weight is 270 g/mol. The number of nitrogens with one attached hydrogen (secondary N) is 2. The third-order valence-electron chi connectivity index (χ3n) is 2.29.